The minimum absolute atomic E-state index is 0.0257. The number of anilines is 1. The number of nitrogens with two attached hydrogens (primary N) is 1. The number of hydrogen-bond acceptors (Lipinski definition) is 5. The number of carbonyl (C=O) groups excluding carboxylic acids is 2. The van der Waals surface area contributed by atoms with Crippen molar-refractivity contribution in [2.75, 3.05) is 12.4 Å². The van der Waals surface area contributed by atoms with Gasteiger partial charge in [0.1, 0.15) is 23.4 Å². The Bertz CT molecular complexity index is 916. The molecule has 1 aliphatic heterocycles. The highest BCUT2D eigenvalue weighted by Crippen LogP contribution is 2.45. The Balaban J connectivity index is 1.92. The fourth-order valence-electron chi connectivity index (χ4n) is 3.51. The lowest BCUT2D eigenvalue weighted by atomic mass is 9.86. The molecule has 28 heavy (non-hydrogen) atoms. The summed E-state index contributed by atoms with van der Waals surface area (Å²) in [6, 6.07) is 7.44. The highest BCUT2D eigenvalue weighted by molar-refractivity contribution is 5.97. The summed E-state index contributed by atoms with van der Waals surface area (Å²) in [6.07, 6.45) is 0.864. The second kappa shape index (κ2) is 7.55. The van der Waals surface area contributed by atoms with Crippen LogP contribution >= 0.6 is 0 Å². The van der Waals surface area contributed by atoms with Gasteiger partial charge < -0.3 is 20.5 Å². The van der Waals surface area contributed by atoms with Gasteiger partial charge in [0, 0.05) is 23.4 Å². The molecule has 0 aliphatic carbocycles. The number of nitrogens with zero attached hydrogens (tertiary/aromatic N) is 1. The summed E-state index contributed by atoms with van der Waals surface area (Å²) in [7, 11) is 1.45. The fraction of sp³-hybridized carbons (Fsp3) is 0.350. The molecule has 1 aromatic heterocycles. The lowest BCUT2D eigenvalue weighted by molar-refractivity contribution is -0.130. The van der Waals surface area contributed by atoms with Crippen LogP contribution in [-0.4, -0.2) is 35.6 Å². The van der Waals surface area contributed by atoms with Crippen molar-refractivity contribution in [1.82, 2.24) is 4.98 Å². The van der Waals surface area contributed by atoms with Gasteiger partial charge in [0.15, 0.2) is 0 Å². The second-order valence-corrected chi connectivity index (χ2v) is 7.25. The van der Waals surface area contributed by atoms with Crippen molar-refractivity contribution in [2.24, 2.45) is 5.73 Å². The zero-order valence-electron chi connectivity index (χ0n) is 15.9. The quantitative estimate of drug-likeness (QED) is 0.821. The van der Waals surface area contributed by atoms with Crippen LogP contribution in [0.3, 0.4) is 0 Å². The van der Waals surface area contributed by atoms with Crippen LogP contribution in [0, 0.1) is 5.82 Å². The molecule has 0 unspecified atom stereocenters. The van der Waals surface area contributed by atoms with E-state index < -0.39 is 35.3 Å². The van der Waals surface area contributed by atoms with E-state index in [4.69, 9.17) is 15.2 Å². The van der Waals surface area contributed by atoms with Crippen LogP contribution < -0.4 is 15.8 Å². The summed E-state index contributed by atoms with van der Waals surface area (Å²) in [5, 5.41) is 2.70. The molecule has 2 amide bonds. The molecule has 0 spiro atoms. The smallest absolute Gasteiger partial charge is 0.267 e. The van der Waals surface area contributed by atoms with Crippen molar-refractivity contribution in [3.05, 3.63) is 53.6 Å². The maximum atomic E-state index is 14.6. The van der Waals surface area contributed by atoms with Crippen LogP contribution in [0.25, 0.3) is 0 Å². The number of aromatic nitrogens is 1. The molecule has 1 fully saturated rings. The van der Waals surface area contributed by atoms with Crippen LogP contribution in [0.15, 0.2) is 36.5 Å². The maximum Gasteiger partial charge on any atom is 0.267 e. The molecule has 1 aliphatic rings. The minimum atomic E-state index is -0.939. The van der Waals surface area contributed by atoms with E-state index in [9.17, 15) is 14.0 Å². The van der Waals surface area contributed by atoms with E-state index in [2.05, 4.69) is 10.3 Å². The molecule has 8 heteroatoms. The molecule has 7 nitrogen and oxygen atoms in total. The summed E-state index contributed by atoms with van der Waals surface area (Å²) < 4.78 is 25.9. The van der Waals surface area contributed by atoms with Crippen molar-refractivity contribution in [3.63, 3.8) is 0 Å². The first-order chi connectivity index (χ1) is 13.2. The molecule has 2 aromatic rings. The molecule has 3 rings (SSSR count). The summed E-state index contributed by atoms with van der Waals surface area (Å²) in [5.41, 5.74) is 5.28. The van der Waals surface area contributed by atoms with Gasteiger partial charge in [0.05, 0.1) is 12.7 Å². The van der Waals surface area contributed by atoms with E-state index in [1.165, 1.54) is 31.5 Å². The van der Waals surface area contributed by atoms with E-state index in [1.54, 1.807) is 12.1 Å². The number of primary amides is 1. The van der Waals surface area contributed by atoms with Gasteiger partial charge in [-0.1, -0.05) is 6.07 Å². The van der Waals surface area contributed by atoms with Gasteiger partial charge in [-0.25, -0.2) is 4.39 Å². The zero-order valence-corrected chi connectivity index (χ0v) is 15.9. The number of pyridine rings is 1. The first kappa shape index (κ1) is 19.8. The minimum Gasteiger partial charge on any atom is -0.496 e. The Hall–Kier alpha value is -3.00. The van der Waals surface area contributed by atoms with Crippen molar-refractivity contribution < 1.29 is 23.5 Å². The molecule has 0 bridgehead atoms. The van der Waals surface area contributed by atoms with Gasteiger partial charge in [-0.05, 0) is 44.5 Å². The summed E-state index contributed by atoms with van der Waals surface area (Å²) in [4.78, 5) is 28.1. The first-order valence-corrected chi connectivity index (χ1v) is 8.79. The number of ether oxygens (including phenoxy) is 2. The SMILES string of the molecule is COc1cccc(F)c1[C@H]1CC(C)(C)O[C@@H]1C(=O)Nc1ccnc(C(N)=O)c1. The van der Waals surface area contributed by atoms with Crippen LogP contribution in [0.2, 0.25) is 0 Å². The number of halogens is 1. The third kappa shape index (κ3) is 3.96. The highest BCUT2D eigenvalue weighted by atomic mass is 19.1. The summed E-state index contributed by atoms with van der Waals surface area (Å²) in [6.45, 7) is 3.69. The molecule has 2 atom stereocenters. The molecule has 0 radical (unpaired) electrons. The lowest BCUT2D eigenvalue weighted by Gasteiger charge is -2.21. The lowest BCUT2D eigenvalue weighted by Crippen LogP contribution is -2.33. The van der Waals surface area contributed by atoms with E-state index >= 15 is 0 Å². The van der Waals surface area contributed by atoms with Crippen molar-refractivity contribution >= 4 is 17.5 Å². The van der Waals surface area contributed by atoms with Crippen LogP contribution in [0.1, 0.15) is 42.2 Å². The molecular weight excluding hydrogens is 365 g/mol. The van der Waals surface area contributed by atoms with E-state index in [0.717, 1.165) is 0 Å². The Labute approximate surface area is 162 Å². The van der Waals surface area contributed by atoms with Crippen LogP contribution in [0.4, 0.5) is 10.1 Å². The predicted molar refractivity (Wildman–Crippen MR) is 101 cm³/mol. The molecule has 1 saturated heterocycles. The average molecular weight is 387 g/mol. The second-order valence-electron chi connectivity index (χ2n) is 7.25. The maximum absolute atomic E-state index is 14.6. The standard InChI is InChI=1S/C20H22FN3O4/c1-20(2)10-12(16-13(21)5-4-6-15(16)27-3)17(28-20)19(26)24-11-7-8-23-14(9-11)18(22)25/h4-9,12,17H,10H2,1-3H3,(H2,22,25)(H,23,24,26)/t12-,17+/m1/s1. The topological polar surface area (TPSA) is 104 Å². The third-order valence-corrected chi connectivity index (χ3v) is 4.66. The van der Waals surface area contributed by atoms with E-state index in [1.807, 2.05) is 13.8 Å². The van der Waals surface area contributed by atoms with Gasteiger partial charge >= 0.3 is 0 Å². The normalized spacial score (nSPS) is 20.6. The molecule has 148 valence electrons. The number of rotatable bonds is 5. The number of methoxy groups -OCH3 is 1. The third-order valence-electron chi connectivity index (χ3n) is 4.66. The fourth-order valence-corrected chi connectivity index (χ4v) is 3.51. The molecule has 2 heterocycles. The number of benzene rings is 1. The van der Waals surface area contributed by atoms with Crippen LogP contribution in [0.5, 0.6) is 5.75 Å². The number of carbonyl (C=O) groups is 2. The van der Waals surface area contributed by atoms with Gasteiger partial charge in [0.2, 0.25) is 0 Å². The van der Waals surface area contributed by atoms with Gasteiger partial charge in [-0.3, -0.25) is 14.6 Å². The average Bonchev–Trinajstić information content (AvgIpc) is 2.96. The number of hydrogen-bond donors (Lipinski definition) is 2. The number of nitrogens with one attached hydrogen (secondary N) is 1. The molecular formula is C20H22FN3O4. The van der Waals surface area contributed by atoms with Gasteiger partial charge in [0.25, 0.3) is 11.8 Å². The summed E-state index contributed by atoms with van der Waals surface area (Å²) >= 11 is 0. The Morgan fingerprint density at radius 1 is 1.36 bits per heavy atom. The van der Waals surface area contributed by atoms with Crippen molar-refractivity contribution in [3.8, 4) is 5.75 Å². The molecule has 1 aromatic carbocycles. The van der Waals surface area contributed by atoms with Gasteiger partial charge in [-0.15, -0.1) is 0 Å². The van der Waals surface area contributed by atoms with E-state index in [-0.39, 0.29) is 5.69 Å². The highest BCUT2D eigenvalue weighted by Gasteiger charge is 2.46. The Morgan fingerprint density at radius 3 is 2.79 bits per heavy atom. The first-order valence-electron chi connectivity index (χ1n) is 8.79. The summed E-state index contributed by atoms with van der Waals surface area (Å²) in [5.74, 6) is -1.79. The molecule has 3 N–H and O–H groups in total. The van der Waals surface area contributed by atoms with E-state index in [0.29, 0.717) is 23.4 Å². The zero-order chi connectivity index (χ0) is 20.5. The largest absolute Gasteiger partial charge is 0.496 e. The Kier molecular flexibility index (Phi) is 5.33. The molecule has 0 saturated carbocycles. The van der Waals surface area contributed by atoms with Gasteiger partial charge in [-0.2, -0.15) is 0 Å². The monoisotopic (exact) mass is 387 g/mol. The van der Waals surface area contributed by atoms with Crippen molar-refractivity contribution in [1.29, 1.82) is 0 Å². The Morgan fingerprint density at radius 2 is 2.11 bits per heavy atom. The van der Waals surface area contributed by atoms with Crippen molar-refractivity contribution in [2.45, 2.75) is 37.9 Å². The predicted octanol–water partition coefficient (Wildman–Crippen LogP) is 2.62. The van der Waals surface area contributed by atoms with Crippen LogP contribution in [-0.2, 0) is 9.53 Å². The number of amides is 2.